The van der Waals surface area contributed by atoms with Gasteiger partial charge in [0, 0.05) is 22.2 Å². The average Bonchev–Trinajstić information content (AvgIpc) is 2.70. The second-order valence-corrected chi connectivity index (χ2v) is 7.68. The highest BCUT2D eigenvalue weighted by atomic mass is 32.2. The van der Waals surface area contributed by atoms with E-state index in [2.05, 4.69) is 5.32 Å². The van der Waals surface area contributed by atoms with Crippen LogP contribution >= 0.6 is 0 Å². The maximum absolute atomic E-state index is 12.2. The Morgan fingerprint density at radius 1 is 0.897 bits per heavy atom. The van der Waals surface area contributed by atoms with Gasteiger partial charge in [-0.25, -0.2) is 4.79 Å². The molecule has 3 aromatic rings. The molecule has 1 atom stereocenters. The molecule has 29 heavy (non-hydrogen) atoms. The molecule has 0 radical (unpaired) electrons. The monoisotopic (exact) mass is 409 g/mol. The van der Waals surface area contributed by atoms with Gasteiger partial charge < -0.3 is 15.2 Å². The van der Waals surface area contributed by atoms with E-state index in [1.807, 2.05) is 30.3 Å². The molecule has 0 heterocycles. The summed E-state index contributed by atoms with van der Waals surface area (Å²) in [6.45, 7) is 0. The van der Waals surface area contributed by atoms with E-state index >= 15 is 0 Å². The van der Waals surface area contributed by atoms with Crippen molar-refractivity contribution in [2.75, 3.05) is 11.1 Å². The van der Waals surface area contributed by atoms with Crippen LogP contribution < -0.4 is 10.1 Å². The predicted molar refractivity (Wildman–Crippen MR) is 112 cm³/mol. The Labute approximate surface area is 170 Å². The molecular weight excluding hydrogens is 390 g/mol. The summed E-state index contributed by atoms with van der Waals surface area (Å²) in [4.78, 5) is 23.1. The van der Waals surface area contributed by atoms with Crippen LogP contribution in [-0.2, 0) is 21.3 Å². The number of rotatable bonds is 8. The summed E-state index contributed by atoms with van der Waals surface area (Å²) in [5, 5.41) is 11.7. The summed E-state index contributed by atoms with van der Waals surface area (Å²) in [6.07, 6.45) is 0. The lowest BCUT2D eigenvalue weighted by molar-refractivity contribution is -0.113. The molecule has 0 saturated heterocycles. The SMILES string of the molecule is O=C(CS(=O)Cc1cccc(C(=O)O)c1)Nc1ccc(Oc2ccccc2)cc1. The Kier molecular flexibility index (Phi) is 6.76. The van der Waals surface area contributed by atoms with E-state index in [0.29, 0.717) is 22.7 Å². The molecular formula is C22H19NO5S. The minimum atomic E-state index is -1.46. The molecule has 0 fully saturated rings. The predicted octanol–water partition coefficient (Wildman–Crippen LogP) is 4.06. The van der Waals surface area contributed by atoms with Crippen molar-refractivity contribution in [3.63, 3.8) is 0 Å². The molecule has 2 N–H and O–H groups in total. The first-order chi connectivity index (χ1) is 14.0. The van der Waals surface area contributed by atoms with Crippen LogP contribution in [0.3, 0.4) is 0 Å². The molecule has 1 amide bonds. The maximum Gasteiger partial charge on any atom is 0.335 e. The lowest BCUT2D eigenvalue weighted by Gasteiger charge is -2.08. The molecule has 0 bridgehead atoms. The topological polar surface area (TPSA) is 92.7 Å². The number of ether oxygens (including phenoxy) is 1. The van der Waals surface area contributed by atoms with Crippen LogP contribution in [0, 0.1) is 0 Å². The molecule has 0 aromatic heterocycles. The third kappa shape index (κ3) is 6.29. The number of amides is 1. The number of para-hydroxylation sites is 1. The standard InChI is InChI=1S/C22H19NO5S/c24-21(15-29(27)14-16-5-4-6-17(13-16)22(25)26)23-18-9-11-20(12-10-18)28-19-7-2-1-3-8-19/h1-13H,14-15H2,(H,23,24)(H,25,26). The van der Waals surface area contributed by atoms with Gasteiger partial charge in [0.15, 0.2) is 0 Å². The van der Waals surface area contributed by atoms with Gasteiger partial charge in [0.1, 0.15) is 17.3 Å². The minimum absolute atomic E-state index is 0.110. The van der Waals surface area contributed by atoms with Crippen LogP contribution in [0.25, 0.3) is 0 Å². The van der Waals surface area contributed by atoms with Crippen molar-refractivity contribution in [2.24, 2.45) is 0 Å². The first-order valence-electron chi connectivity index (χ1n) is 8.79. The zero-order chi connectivity index (χ0) is 20.6. The van der Waals surface area contributed by atoms with Gasteiger partial charge in [0.2, 0.25) is 5.91 Å². The number of hydrogen-bond acceptors (Lipinski definition) is 4. The molecule has 3 rings (SSSR count). The number of carboxylic acids is 1. The van der Waals surface area contributed by atoms with E-state index in [9.17, 15) is 13.8 Å². The zero-order valence-corrected chi connectivity index (χ0v) is 16.2. The number of nitrogens with one attached hydrogen (secondary N) is 1. The molecule has 0 aliphatic carbocycles. The van der Waals surface area contributed by atoms with E-state index in [1.165, 1.54) is 12.1 Å². The second kappa shape index (κ2) is 9.66. The average molecular weight is 409 g/mol. The van der Waals surface area contributed by atoms with Gasteiger partial charge in [-0.3, -0.25) is 9.00 Å². The summed E-state index contributed by atoms with van der Waals surface area (Å²) in [5.41, 5.74) is 1.31. The molecule has 0 spiro atoms. The van der Waals surface area contributed by atoms with Crippen LogP contribution in [0.4, 0.5) is 5.69 Å². The molecule has 1 unspecified atom stereocenters. The van der Waals surface area contributed by atoms with Gasteiger partial charge in [-0.2, -0.15) is 0 Å². The van der Waals surface area contributed by atoms with E-state index in [0.717, 1.165) is 0 Å². The first-order valence-corrected chi connectivity index (χ1v) is 10.3. The van der Waals surface area contributed by atoms with E-state index < -0.39 is 16.8 Å². The molecule has 0 aliphatic rings. The fraction of sp³-hybridized carbons (Fsp3) is 0.0909. The Morgan fingerprint density at radius 3 is 2.28 bits per heavy atom. The van der Waals surface area contributed by atoms with Crippen molar-refractivity contribution < 1.29 is 23.6 Å². The lowest BCUT2D eigenvalue weighted by atomic mass is 10.1. The Morgan fingerprint density at radius 2 is 1.59 bits per heavy atom. The molecule has 148 valence electrons. The highest BCUT2D eigenvalue weighted by Gasteiger charge is 2.11. The normalized spacial score (nSPS) is 11.4. The molecule has 6 nitrogen and oxygen atoms in total. The van der Waals surface area contributed by atoms with Gasteiger partial charge >= 0.3 is 5.97 Å². The highest BCUT2D eigenvalue weighted by Crippen LogP contribution is 2.22. The van der Waals surface area contributed by atoms with Crippen LogP contribution in [0.15, 0.2) is 78.9 Å². The zero-order valence-electron chi connectivity index (χ0n) is 15.4. The van der Waals surface area contributed by atoms with Gasteiger partial charge in [0.05, 0.1) is 5.56 Å². The van der Waals surface area contributed by atoms with Gasteiger partial charge in [-0.1, -0.05) is 30.3 Å². The summed E-state index contributed by atoms with van der Waals surface area (Å²) in [6, 6.07) is 22.4. The molecule has 0 aliphatic heterocycles. The number of benzene rings is 3. The Bertz CT molecular complexity index is 1020. The third-order valence-corrected chi connectivity index (χ3v) is 5.15. The van der Waals surface area contributed by atoms with Crippen LogP contribution in [0.1, 0.15) is 15.9 Å². The summed E-state index contributed by atoms with van der Waals surface area (Å²) < 4.78 is 17.9. The fourth-order valence-corrected chi connectivity index (χ4v) is 3.62. The van der Waals surface area contributed by atoms with Crippen LogP contribution in [0.5, 0.6) is 11.5 Å². The second-order valence-electron chi connectivity index (χ2n) is 6.22. The van der Waals surface area contributed by atoms with Gasteiger partial charge in [-0.15, -0.1) is 0 Å². The number of carbonyl (C=O) groups is 2. The summed E-state index contributed by atoms with van der Waals surface area (Å²) >= 11 is 0. The molecule has 0 saturated carbocycles. The molecule has 3 aromatic carbocycles. The Hall–Kier alpha value is -3.45. The lowest BCUT2D eigenvalue weighted by Crippen LogP contribution is -2.20. The van der Waals surface area contributed by atoms with E-state index in [4.69, 9.17) is 9.84 Å². The van der Waals surface area contributed by atoms with Crippen molar-refractivity contribution in [3.8, 4) is 11.5 Å². The number of hydrogen-bond donors (Lipinski definition) is 2. The Balaban J connectivity index is 1.51. The summed E-state index contributed by atoms with van der Waals surface area (Å²) in [5.74, 6) is -0.148. The van der Waals surface area contributed by atoms with Gasteiger partial charge in [0.25, 0.3) is 0 Å². The minimum Gasteiger partial charge on any atom is -0.478 e. The molecule has 7 heteroatoms. The first kappa shape index (κ1) is 20.3. The quantitative estimate of drug-likeness (QED) is 0.585. The van der Waals surface area contributed by atoms with E-state index in [-0.39, 0.29) is 23.0 Å². The van der Waals surface area contributed by atoms with Crippen molar-refractivity contribution in [2.45, 2.75) is 5.75 Å². The van der Waals surface area contributed by atoms with Crippen molar-refractivity contribution in [1.82, 2.24) is 0 Å². The van der Waals surface area contributed by atoms with Gasteiger partial charge in [-0.05, 0) is 54.1 Å². The highest BCUT2D eigenvalue weighted by molar-refractivity contribution is 7.84. The number of carbonyl (C=O) groups excluding carboxylic acids is 1. The number of carboxylic acid groups (broad SMARTS) is 1. The third-order valence-electron chi connectivity index (χ3n) is 3.91. The smallest absolute Gasteiger partial charge is 0.335 e. The maximum atomic E-state index is 12.2. The van der Waals surface area contributed by atoms with E-state index in [1.54, 1.807) is 36.4 Å². The fourth-order valence-electron chi connectivity index (χ4n) is 2.61. The van der Waals surface area contributed by atoms with Crippen molar-refractivity contribution in [1.29, 1.82) is 0 Å². The largest absolute Gasteiger partial charge is 0.478 e. The number of aromatic carboxylic acids is 1. The van der Waals surface area contributed by atoms with Crippen molar-refractivity contribution >= 4 is 28.4 Å². The summed E-state index contributed by atoms with van der Waals surface area (Å²) in [7, 11) is -1.46. The van der Waals surface area contributed by atoms with Crippen molar-refractivity contribution in [3.05, 3.63) is 90.0 Å². The van der Waals surface area contributed by atoms with Crippen LogP contribution in [0.2, 0.25) is 0 Å². The number of anilines is 1. The van der Waals surface area contributed by atoms with Crippen LogP contribution in [-0.4, -0.2) is 26.9 Å².